The van der Waals surface area contributed by atoms with Crippen molar-refractivity contribution in [3.8, 4) is 5.75 Å². The molecule has 1 aliphatic carbocycles. The van der Waals surface area contributed by atoms with Crippen LogP contribution < -0.4 is 4.74 Å². The highest BCUT2D eigenvalue weighted by atomic mass is 19.1. The molecule has 1 aliphatic heterocycles. The van der Waals surface area contributed by atoms with E-state index in [0.29, 0.717) is 32.4 Å². The van der Waals surface area contributed by atoms with Crippen LogP contribution in [0.25, 0.3) is 0 Å². The molecular formula is C17H22FNO4. The van der Waals surface area contributed by atoms with Crippen molar-refractivity contribution < 1.29 is 23.8 Å². The first-order chi connectivity index (χ1) is 11.0. The van der Waals surface area contributed by atoms with Gasteiger partial charge in [0.15, 0.2) is 0 Å². The monoisotopic (exact) mass is 323 g/mol. The number of methoxy groups -OCH3 is 2. The van der Waals surface area contributed by atoms with Gasteiger partial charge in [0, 0.05) is 32.0 Å². The highest BCUT2D eigenvalue weighted by Crippen LogP contribution is 2.50. The minimum Gasteiger partial charge on any atom is -0.496 e. The molecule has 1 N–H and O–H groups in total. The molecule has 126 valence electrons. The largest absolute Gasteiger partial charge is 0.496 e. The zero-order valence-corrected chi connectivity index (χ0v) is 13.4. The number of rotatable bonds is 3. The third-order valence-electron chi connectivity index (χ3n) is 5.42. The number of benzene rings is 1. The Morgan fingerprint density at radius 1 is 1.35 bits per heavy atom. The van der Waals surface area contributed by atoms with Gasteiger partial charge in [-0.2, -0.15) is 0 Å². The average molecular weight is 323 g/mol. The van der Waals surface area contributed by atoms with Crippen LogP contribution in [0, 0.1) is 11.2 Å². The minimum atomic E-state index is -0.576. The number of amides is 1. The van der Waals surface area contributed by atoms with E-state index >= 15 is 0 Å². The van der Waals surface area contributed by atoms with Crippen LogP contribution in [0.5, 0.6) is 5.75 Å². The van der Waals surface area contributed by atoms with Crippen molar-refractivity contribution in [2.45, 2.75) is 31.5 Å². The molecule has 2 fully saturated rings. The van der Waals surface area contributed by atoms with E-state index in [1.54, 1.807) is 18.1 Å². The smallest absolute Gasteiger partial charge is 0.260 e. The fourth-order valence-corrected chi connectivity index (χ4v) is 3.88. The van der Waals surface area contributed by atoms with Gasteiger partial charge in [-0.3, -0.25) is 4.79 Å². The number of hydrogen-bond acceptors (Lipinski definition) is 4. The first kappa shape index (κ1) is 16.2. The van der Waals surface area contributed by atoms with Gasteiger partial charge in [-0.15, -0.1) is 0 Å². The summed E-state index contributed by atoms with van der Waals surface area (Å²) >= 11 is 0. The molecule has 1 heterocycles. The normalized spacial score (nSPS) is 26.0. The lowest BCUT2D eigenvalue weighted by Crippen LogP contribution is -2.62. The van der Waals surface area contributed by atoms with Gasteiger partial charge >= 0.3 is 0 Å². The van der Waals surface area contributed by atoms with E-state index < -0.39 is 5.82 Å². The summed E-state index contributed by atoms with van der Waals surface area (Å²) in [7, 11) is 3.07. The van der Waals surface area contributed by atoms with Crippen molar-refractivity contribution in [2.24, 2.45) is 5.41 Å². The predicted octanol–water partition coefficient (Wildman–Crippen LogP) is 1.84. The van der Waals surface area contributed by atoms with Crippen molar-refractivity contribution >= 4 is 5.91 Å². The van der Waals surface area contributed by atoms with Crippen LogP contribution in [-0.2, 0) is 4.74 Å². The SMILES string of the molecule is COc1cccc(F)c1C(=O)N1CCC2(CC1)[C@H](O)C[C@@H]2OC. The standard InChI is InChI=1S/C17H22FNO4/c1-22-12-5-3-4-11(18)15(12)16(21)19-8-6-17(7-9-19)13(20)10-14(17)23-2/h3-5,13-14,20H,6-10H2,1-2H3/t13-,14+/m1/s1. The molecule has 1 aromatic rings. The summed E-state index contributed by atoms with van der Waals surface area (Å²) in [6.07, 6.45) is 1.63. The Hall–Kier alpha value is -1.66. The maximum Gasteiger partial charge on any atom is 0.260 e. The van der Waals surface area contributed by atoms with E-state index in [-0.39, 0.29) is 34.8 Å². The molecule has 1 spiro atoms. The topological polar surface area (TPSA) is 59.0 Å². The number of piperidine rings is 1. The van der Waals surface area contributed by atoms with Crippen LogP contribution in [0.15, 0.2) is 18.2 Å². The van der Waals surface area contributed by atoms with Gasteiger partial charge in [0.25, 0.3) is 5.91 Å². The van der Waals surface area contributed by atoms with Crippen LogP contribution >= 0.6 is 0 Å². The fourth-order valence-electron chi connectivity index (χ4n) is 3.88. The minimum absolute atomic E-state index is 0.0246. The predicted molar refractivity (Wildman–Crippen MR) is 81.9 cm³/mol. The van der Waals surface area contributed by atoms with E-state index in [0.717, 1.165) is 0 Å². The second kappa shape index (κ2) is 6.09. The van der Waals surface area contributed by atoms with Crippen LogP contribution in [0.4, 0.5) is 4.39 Å². The van der Waals surface area contributed by atoms with Crippen molar-refractivity contribution in [1.82, 2.24) is 4.90 Å². The number of halogens is 1. The third-order valence-corrected chi connectivity index (χ3v) is 5.42. The second-order valence-electron chi connectivity index (χ2n) is 6.32. The lowest BCUT2D eigenvalue weighted by molar-refractivity contribution is -0.199. The Labute approximate surface area is 135 Å². The quantitative estimate of drug-likeness (QED) is 0.922. The van der Waals surface area contributed by atoms with Crippen LogP contribution in [0.1, 0.15) is 29.6 Å². The molecule has 6 heteroatoms. The number of likely N-dealkylation sites (tertiary alicyclic amines) is 1. The Morgan fingerprint density at radius 3 is 2.61 bits per heavy atom. The van der Waals surface area contributed by atoms with Gasteiger partial charge < -0.3 is 19.5 Å². The molecule has 1 aromatic carbocycles. The maximum absolute atomic E-state index is 14.1. The van der Waals surface area contributed by atoms with Crippen molar-refractivity contribution in [1.29, 1.82) is 0 Å². The third kappa shape index (κ3) is 2.50. The molecule has 23 heavy (non-hydrogen) atoms. The van der Waals surface area contributed by atoms with Gasteiger partial charge in [0.2, 0.25) is 0 Å². The number of aliphatic hydroxyl groups is 1. The van der Waals surface area contributed by atoms with Gasteiger partial charge in [-0.05, 0) is 25.0 Å². The molecule has 0 radical (unpaired) electrons. The summed E-state index contributed by atoms with van der Waals surface area (Å²) in [6.45, 7) is 0.959. The number of ether oxygens (including phenoxy) is 2. The van der Waals surface area contributed by atoms with E-state index in [4.69, 9.17) is 9.47 Å². The van der Waals surface area contributed by atoms with E-state index in [9.17, 15) is 14.3 Å². The van der Waals surface area contributed by atoms with Gasteiger partial charge in [-0.1, -0.05) is 6.07 Å². The lowest BCUT2D eigenvalue weighted by Gasteiger charge is -2.56. The summed E-state index contributed by atoms with van der Waals surface area (Å²) in [5.41, 5.74) is -0.284. The Kier molecular flexibility index (Phi) is 4.29. The summed E-state index contributed by atoms with van der Waals surface area (Å²) in [5.74, 6) is -0.695. The molecule has 0 aromatic heterocycles. The lowest BCUT2D eigenvalue weighted by atomic mass is 9.58. The summed E-state index contributed by atoms with van der Waals surface area (Å²) in [5, 5.41) is 10.1. The van der Waals surface area contributed by atoms with Crippen LogP contribution in [0.2, 0.25) is 0 Å². The number of carbonyl (C=O) groups excluding carboxylic acids is 1. The number of nitrogens with zero attached hydrogens (tertiary/aromatic N) is 1. The molecule has 2 atom stereocenters. The molecule has 0 unspecified atom stereocenters. The zero-order valence-electron chi connectivity index (χ0n) is 13.4. The van der Waals surface area contributed by atoms with Crippen molar-refractivity contribution in [2.75, 3.05) is 27.3 Å². The van der Waals surface area contributed by atoms with E-state index in [2.05, 4.69) is 0 Å². The highest BCUT2D eigenvalue weighted by molar-refractivity contribution is 5.97. The Bertz CT molecular complexity index is 598. The van der Waals surface area contributed by atoms with Crippen molar-refractivity contribution in [3.63, 3.8) is 0 Å². The highest BCUT2D eigenvalue weighted by Gasteiger charge is 2.56. The van der Waals surface area contributed by atoms with E-state index in [1.807, 2.05) is 0 Å². The van der Waals surface area contributed by atoms with Crippen LogP contribution in [-0.4, -0.2) is 55.4 Å². The van der Waals surface area contributed by atoms with Gasteiger partial charge in [0.1, 0.15) is 17.1 Å². The first-order valence-corrected chi connectivity index (χ1v) is 7.86. The molecule has 1 saturated carbocycles. The summed E-state index contributed by atoms with van der Waals surface area (Å²) in [6, 6.07) is 4.36. The first-order valence-electron chi connectivity index (χ1n) is 7.86. The summed E-state index contributed by atoms with van der Waals surface area (Å²) in [4.78, 5) is 14.3. The zero-order chi connectivity index (χ0) is 16.6. The molecule has 0 bridgehead atoms. The second-order valence-corrected chi connectivity index (χ2v) is 6.32. The van der Waals surface area contributed by atoms with E-state index in [1.165, 1.54) is 19.2 Å². The fraction of sp³-hybridized carbons (Fsp3) is 0.588. The number of hydrogen-bond donors (Lipinski definition) is 1. The molecule has 5 nitrogen and oxygen atoms in total. The maximum atomic E-state index is 14.1. The molecule has 2 aliphatic rings. The molecular weight excluding hydrogens is 301 g/mol. The van der Waals surface area contributed by atoms with Crippen LogP contribution in [0.3, 0.4) is 0 Å². The van der Waals surface area contributed by atoms with Gasteiger partial charge in [0.05, 0.1) is 19.3 Å². The Morgan fingerprint density at radius 2 is 2.04 bits per heavy atom. The molecule has 1 amide bonds. The number of carbonyl (C=O) groups is 1. The molecule has 3 rings (SSSR count). The van der Waals surface area contributed by atoms with Gasteiger partial charge in [-0.25, -0.2) is 4.39 Å². The average Bonchev–Trinajstić information content (AvgIpc) is 2.58. The molecule has 1 saturated heterocycles. The Balaban J connectivity index is 1.75. The number of aliphatic hydroxyl groups excluding tert-OH is 1. The van der Waals surface area contributed by atoms with Crippen molar-refractivity contribution in [3.05, 3.63) is 29.6 Å². The summed E-state index contributed by atoms with van der Waals surface area (Å²) < 4.78 is 24.6.